The maximum absolute atomic E-state index is 7.23. The SMILES string of the molecule is S=P(OC1CCCCC1)(OC1CCCCC1)[S][Sn]([CH]1CCCCC1)([CH]1CCCCC1)[CH]1CCCCC1. The first-order valence-corrected chi connectivity index (χ1v) is 28.9. The minimum atomic E-state index is -2.86. The summed E-state index contributed by atoms with van der Waals surface area (Å²) in [5.41, 5.74) is -2.33. The third-order valence-electron chi connectivity index (χ3n) is 10.7. The second-order valence-electron chi connectivity index (χ2n) is 13.1. The molecule has 0 atom stereocenters. The summed E-state index contributed by atoms with van der Waals surface area (Å²) < 4.78 is 17.6. The van der Waals surface area contributed by atoms with Crippen LogP contribution in [0.2, 0.25) is 11.8 Å². The van der Waals surface area contributed by atoms with E-state index in [9.17, 15) is 0 Å². The van der Waals surface area contributed by atoms with Crippen molar-refractivity contribution in [1.82, 2.24) is 0 Å². The van der Waals surface area contributed by atoms with Crippen molar-refractivity contribution >= 4 is 43.1 Å². The van der Waals surface area contributed by atoms with Crippen molar-refractivity contribution in [3.05, 3.63) is 0 Å². The van der Waals surface area contributed by atoms with Crippen molar-refractivity contribution in [2.24, 2.45) is 0 Å². The standard InChI is InChI=1S/C12H23O2PS2.3C6H11.Sn/c16-15(17,13-11-7-3-1-4-8-11)14-12-9-5-2-6-10-12;3*1-2-4-6-5-3-1;/h11-12H,1-10H2,(H,16,17);3*1H,2-6H2;/q;;;;+1/p-1. The van der Waals surface area contributed by atoms with Crippen LogP contribution in [0.15, 0.2) is 0 Å². The molecule has 0 aliphatic heterocycles. The van der Waals surface area contributed by atoms with E-state index in [1.165, 1.54) is 161 Å². The molecule has 0 unspecified atom stereocenters. The van der Waals surface area contributed by atoms with Crippen molar-refractivity contribution in [2.75, 3.05) is 0 Å². The molecule has 0 amide bonds. The van der Waals surface area contributed by atoms with Crippen LogP contribution in [0.1, 0.15) is 161 Å². The average molecular weight is 662 g/mol. The quantitative estimate of drug-likeness (QED) is 0.181. The van der Waals surface area contributed by atoms with Crippen LogP contribution in [-0.2, 0) is 20.9 Å². The van der Waals surface area contributed by atoms with Crippen molar-refractivity contribution in [3.63, 3.8) is 0 Å². The Kier molecular flexibility index (Phi) is 11.8. The van der Waals surface area contributed by atoms with Gasteiger partial charge in [0, 0.05) is 0 Å². The number of hydrogen-bond donors (Lipinski definition) is 0. The van der Waals surface area contributed by atoms with Crippen molar-refractivity contribution < 1.29 is 9.05 Å². The Bertz CT molecular complexity index is 622. The summed E-state index contributed by atoms with van der Waals surface area (Å²) in [6, 6.07) is 0. The molecule has 0 saturated heterocycles. The molecule has 6 heteroatoms. The zero-order valence-electron chi connectivity index (χ0n) is 23.1. The molecule has 0 N–H and O–H groups in total. The number of rotatable bonds is 9. The molecule has 0 spiro atoms. The normalized spacial score (nSPS) is 27.9. The fourth-order valence-electron chi connectivity index (χ4n) is 8.85. The molecule has 5 fully saturated rings. The summed E-state index contributed by atoms with van der Waals surface area (Å²) in [7, 11) is 2.44. The van der Waals surface area contributed by atoms with Crippen LogP contribution in [0.4, 0.5) is 0 Å². The van der Waals surface area contributed by atoms with E-state index in [1.54, 1.807) is 0 Å². The second kappa shape index (κ2) is 14.6. The molecule has 0 bridgehead atoms. The predicted octanol–water partition coefficient (Wildman–Crippen LogP) is 11.6. The minimum absolute atomic E-state index is 0.383. The molecule has 5 saturated carbocycles. The number of hydrogen-bond acceptors (Lipinski definition) is 4. The van der Waals surface area contributed by atoms with Crippen LogP contribution in [0, 0.1) is 0 Å². The van der Waals surface area contributed by atoms with E-state index >= 15 is 0 Å². The molecule has 0 radical (unpaired) electrons. The maximum atomic E-state index is 7.23. The van der Waals surface area contributed by atoms with Gasteiger partial charge in [-0.25, -0.2) is 0 Å². The van der Waals surface area contributed by atoms with Crippen LogP contribution in [0.3, 0.4) is 0 Å². The van der Waals surface area contributed by atoms with Crippen LogP contribution >= 0.6 is 14.3 Å². The molecular formula is C30H55O2PS2Sn. The summed E-state index contributed by atoms with van der Waals surface area (Å²) in [4.78, 5) is 0. The van der Waals surface area contributed by atoms with Crippen LogP contribution in [0.5, 0.6) is 0 Å². The Morgan fingerprint density at radius 1 is 0.444 bits per heavy atom. The first-order valence-electron chi connectivity index (χ1n) is 16.4. The molecular weight excluding hydrogens is 606 g/mol. The van der Waals surface area contributed by atoms with Gasteiger partial charge in [-0.2, -0.15) is 0 Å². The van der Waals surface area contributed by atoms with Gasteiger partial charge in [-0.15, -0.1) is 0 Å². The van der Waals surface area contributed by atoms with E-state index in [0.717, 1.165) is 11.8 Å². The van der Waals surface area contributed by atoms with Crippen molar-refractivity contribution in [1.29, 1.82) is 0 Å². The summed E-state index contributed by atoms with van der Waals surface area (Å²) in [5, 5.41) is 0. The van der Waals surface area contributed by atoms with Gasteiger partial charge in [0.2, 0.25) is 0 Å². The van der Waals surface area contributed by atoms with Gasteiger partial charge in [0.25, 0.3) is 0 Å². The Labute approximate surface area is 235 Å². The van der Waals surface area contributed by atoms with Crippen LogP contribution in [-0.4, -0.2) is 29.2 Å². The molecule has 0 aromatic carbocycles. The zero-order valence-corrected chi connectivity index (χ0v) is 28.5. The van der Waals surface area contributed by atoms with Gasteiger partial charge in [0.15, 0.2) is 0 Å². The van der Waals surface area contributed by atoms with Gasteiger partial charge in [0.05, 0.1) is 0 Å². The van der Waals surface area contributed by atoms with E-state index in [2.05, 4.69) is 8.57 Å². The van der Waals surface area contributed by atoms with E-state index in [-0.39, 0.29) is 0 Å². The molecule has 208 valence electrons. The molecule has 0 aromatic heterocycles. The van der Waals surface area contributed by atoms with Crippen molar-refractivity contribution in [2.45, 2.75) is 185 Å². The third kappa shape index (κ3) is 7.51. The van der Waals surface area contributed by atoms with E-state index in [1.807, 2.05) is 0 Å². The molecule has 0 aromatic rings. The Morgan fingerprint density at radius 3 is 1.03 bits per heavy atom. The Morgan fingerprint density at radius 2 is 0.722 bits per heavy atom. The van der Waals surface area contributed by atoms with E-state index in [4.69, 9.17) is 20.9 Å². The van der Waals surface area contributed by atoms with Gasteiger partial charge in [-0.3, -0.25) is 0 Å². The van der Waals surface area contributed by atoms with E-state index < -0.39 is 22.7 Å². The monoisotopic (exact) mass is 662 g/mol. The average Bonchev–Trinajstić information content (AvgIpc) is 2.94. The summed E-state index contributed by atoms with van der Waals surface area (Å²) >= 11 is 3.95. The summed E-state index contributed by atoms with van der Waals surface area (Å²) in [6.45, 7) is 0. The molecule has 5 rings (SSSR count). The molecule has 5 aliphatic rings. The van der Waals surface area contributed by atoms with Gasteiger partial charge >= 0.3 is 237 Å². The van der Waals surface area contributed by atoms with Gasteiger partial charge < -0.3 is 0 Å². The molecule has 36 heavy (non-hydrogen) atoms. The van der Waals surface area contributed by atoms with Gasteiger partial charge in [-0.05, 0) is 0 Å². The second-order valence-corrected chi connectivity index (χ2v) is 40.0. The summed E-state index contributed by atoms with van der Waals surface area (Å²) in [6.07, 6.45) is 36.3. The predicted molar refractivity (Wildman–Crippen MR) is 164 cm³/mol. The first-order chi connectivity index (χ1) is 17.7. The molecule has 5 aliphatic carbocycles. The molecule has 2 nitrogen and oxygen atoms in total. The zero-order chi connectivity index (χ0) is 24.7. The van der Waals surface area contributed by atoms with Crippen molar-refractivity contribution in [3.8, 4) is 0 Å². The fourth-order valence-corrected chi connectivity index (χ4v) is 68.3. The van der Waals surface area contributed by atoms with Gasteiger partial charge in [-0.1, -0.05) is 0 Å². The third-order valence-corrected chi connectivity index (χ3v) is 55.9. The Balaban J connectivity index is 1.49. The van der Waals surface area contributed by atoms with Gasteiger partial charge in [0.1, 0.15) is 0 Å². The molecule has 0 heterocycles. The summed E-state index contributed by atoms with van der Waals surface area (Å²) in [5.74, 6) is 0. The van der Waals surface area contributed by atoms with Crippen LogP contribution < -0.4 is 0 Å². The fraction of sp³-hybridized carbons (Fsp3) is 1.00. The van der Waals surface area contributed by atoms with E-state index in [0.29, 0.717) is 12.2 Å². The first kappa shape index (κ1) is 29.2. The van der Waals surface area contributed by atoms with Crippen LogP contribution in [0.25, 0.3) is 0 Å². The topological polar surface area (TPSA) is 18.5 Å². The Hall–Kier alpha value is 1.72.